The van der Waals surface area contributed by atoms with Gasteiger partial charge in [0.2, 0.25) is 11.2 Å². The van der Waals surface area contributed by atoms with Crippen molar-refractivity contribution in [3.05, 3.63) is 77.0 Å². The molecule has 0 aliphatic rings. The Hall–Kier alpha value is -4.37. The first-order valence-electron chi connectivity index (χ1n) is 10.6. The quantitative estimate of drug-likeness (QED) is 0.340. The molecule has 2 aromatic heterocycles. The van der Waals surface area contributed by atoms with E-state index in [4.69, 9.17) is 18.6 Å². The Morgan fingerprint density at radius 3 is 2.51 bits per heavy atom. The third-order valence-electron chi connectivity index (χ3n) is 5.30. The van der Waals surface area contributed by atoms with E-state index in [1.54, 1.807) is 68.8 Å². The topological polar surface area (TPSA) is 99.9 Å². The van der Waals surface area contributed by atoms with Gasteiger partial charge >= 0.3 is 0 Å². The Morgan fingerprint density at radius 1 is 1.00 bits per heavy atom. The Morgan fingerprint density at radius 2 is 1.74 bits per heavy atom. The highest BCUT2D eigenvalue weighted by molar-refractivity contribution is 7.22. The molecular formula is C26H20N2O6S. The number of fused-ring (bicyclic) bond motifs is 2. The zero-order chi connectivity index (χ0) is 24.4. The van der Waals surface area contributed by atoms with Crippen LogP contribution in [0, 0.1) is 0 Å². The molecule has 0 unspecified atom stereocenters. The van der Waals surface area contributed by atoms with Gasteiger partial charge in [0.05, 0.1) is 29.8 Å². The van der Waals surface area contributed by atoms with Crippen LogP contribution in [-0.4, -0.2) is 31.7 Å². The Bertz CT molecular complexity index is 1590. The number of rotatable bonds is 7. The number of carbonyl (C=O) groups is 1. The number of anilines is 1. The van der Waals surface area contributed by atoms with Gasteiger partial charge in [-0.15, -0.1) is 0 Å². The van der Waals surface area contributed by atoms with Crippen molar-refractivity contribution >= 4 is 43.6 Å². The van der Waals surface area contributed by atoms with Crippen LogP contribution >= 0.6 is 11.3 Å². The maximum Gasteiger partial charge on any atom is 0.264 e. The van der Waals surface area contributed by atoms with Crippen molar-refractivity contribution in [3.8, 4) is 28.6 Å². The molecule has 0 atom stereocenters. The lowest BCUT2D eigenvalue weighted by molar-refractivity contribution is -0.118. The van der Waals surface area contributed by atoms with Gasteiger partial charge in [0.1, 0.15) is 17.1 Å². The monoisotopic (exact) mass is 488 g/mol. The second kappa shape index (κ2) is 9.47. The SMILES string of the molecule is COc1ccc(-c2oc3ccccc3c(=O)c2OCC(=O)Nc2nc3ccc(OC)cc3s2)cc1. The summed E-state index contributed by atoms with van der Waals surface area (Å²) in [6, 6.07) is 19.4. The molecule has 0 aliphatic heterocycles. The number of nitrogens with zero attached hydrogens (tertiary/aromatic N) is 1. The molecule has 0 aliphatic carbocycles. The minimum Gasteiger partial charge on any atom is -0.497 e. The number of methoxy groups -OCH3 is 2. The fourth-order valence-corrected chi connectivity index (χ4v) is 4.48. The van der Waals surface area contributed by atoms with Gasteiger partial charge in [-0.3, -0.25) is 14.9 Å². The highest BCUT2D eigenvalue weighted by Crippen LogP contribution is 2.32. The van der Waals surface area contributed by atoms with Crippen LogP contribution in [0.2, 0.25) is 0 Å². The molecule has 35 heavy (non-hydrogen) atoms. The Labute approximate surface area is 203 Å². The van der Waals surface area contributed by atoms with Gasteiger partial charge in [-0.1, -0.05) is 23.5 Å². The molecule has 5 aromatic rings. The molecule has 3 aromatic carbocycles. The van der Waals surface area contributed by atoms with Crippen LogP contribution in [0.4, 0.5) is 5.13 Å². The summed E-state index contributed by atoms with van der Waals surface area (Å²) in [6.07, 6.45) is 0. The third-order valence-corrected chi connectivity index (χ3v) is 6.23. The summed E-state index contributed by atoms with van der Waals surface area (Å²) < 4.78 is 23.1. The number of para-hydroxylation sites is 1. The molecule has 0 saturated carbocycles. The van der Waals surface area contributed by atoms with E-state index >= 15 is 0 Å². The first-order valence-corrected chi connectivity index (χ1v) is 11.4. The van der Waals surface area contributed by atoms with Gasteiger partial charge in [-0.05, 0) is 54.6 Å². The molecular weight excluding hydrogens is 468 g/mol. The van der Waals surface area contributed by atoms with Gasteiger partial charge in [-0.2, -0.15) is 0 Å². The van der Waals surface area contributed by atoms with Crippen molar-refractivity contribution in [3.63, 3.8) is 0 Å². The molecule has 9 heteroatoms. The zero-order valence-corrected chi connectivity index (χ0v) is 19.7. The van der Waals surface area contributed by atoms with E-state index in [0.29, 0.717) is 33.2 Å². The second-order valence-electron chi connectivity index (χ2n) is 7.50. The Balaban J connectivity index is 1.42. The van der Waals surface area contributed by atoms with E-state index in [2.05, 4.69) is 10.3 Å². The van der Waals surface area contributed by atoms with Crippen LogP contribution < -0.4 is 25.0 Å². The largest absolute Gasteiger partial charge is 0.497 e. The molecule has 1 amide bonds. The highest BCUT2D eigenvalue weighted by Gasteiger charge is 2.19. The fourth-order valence-electron chi connectivity index (χ4n) is 3.57. The minimum atomic E-state index is -0.454. The predicted molar refractivity (Wildman–Crippen MR) is 135 cm³/mol. The summed E-state index contributed by atoms with van der Waals surface area (Å²) in [5.74, 6) is 1.10. The van der Waals surface area contributed by atoms with Gasteiger partial charge in [0.25, 0.3) is 5.91 Å². The van der Waals surface area contributed by atoms with Crippen molar-refractivity contribution in [2.24, 2.45) is 0 Å². The smallest absolute Gasteiger partial charge is 0.264 e. The number of amides is 1. The normalized spacial score (nSPS) is 10.9. The number of carbonyl (C=O) groups excluding carboxylic acids is 1. The number of hydrogen-bond acceptors (Lipinski definition) is 8. The number of ether oxygens (including phenoxy) is 3. The summed E-state index contributed by atoms with van der Waals surface area (Å²) in [7, 11) is 3.16. The molecule has 0 fully saturated rings. The van der Waals surface area contributed by atoms with E-state index < -0.39 is 12.5 Å². The van der Waals surface area contributed by atoms with Crippen molar-refractivity contribution < 1.29 is 23.4 Å². The first-order chi connectivity index (χ1) is 17.1. The Kier molecular flexibility index (Phi) is 6.07. The molecule has 0 radical (unpaired) electrons. The molecule has 5 rings (SSSR count). The van der Waals surface area contributed by atoms with E-state index in [1.165, 1.54) is 11.3 Å². The van der Waals surface area contributed by atoms with Gasteiger partial charge in [-0.25, -0.2) is 4.98 Å². The van der Waals surface area contributed by atoms with Crippen molar-refractivity contribution in [2.45, 2.75) is 0 Å². The van der Waals surface area contributed by atoms with Crippen LogP contribution in [0.1, 0.15) is 0 Å². The van der Waals surface area contributed by atoms with Crippen LogP contribution in [0.5, 0.6) is 17.2 Å². The van der Waals surface area contributed by atoms with Crippen LogP contribution in [0.15, 0.2) is 75.9 Å². The van der Waals surface area contributed by atoms with E-state index in [-0.39, 0.29) is 16.9 Å². The lowest BCUT2D eigenvalue weighted by atomic mass is 10.1. The lowest BCUT2D eigenvalue weighted by Crippen LogP contribution is -2.22. The average Bonchev–Trinajstić information content (AvgIpc) is 3.29. The van der Waals surface area contributed by atoms with Gasteiger partial charge in [0.15, 0.2) is 17.5 Å². The molecule has 8 nitrogen and oxygen atoms in total. The molecule has 0 bridgehead atoms. The summed E-state index contributed by atoms with van der Waals surface area (Å²) in [6.45, 7) is -0.397. The van der Waals surface area contributed by atoms with Crippen LogP contribution in [-0.2, 0) is 4.79 Å². The summed E-state index contributed by atoms with van der Waals surface area (Å²) in [5.41, 5.74) is 1.41. The first kappa shape index (κ1) is 22.4. The molecule has 0 spiro atoms. The second-order valence-corrected chi connectivity index (χ2v) is 8.53. The number of benzene rings is 3. The fraction of sp³-hybridized carbons (Fsp3) is 0.115. The molecule has 2 heterocycles. The molecule has 0 saturated heterocycles. The van der Waals surface area contributed by atoms with E-state index in [9.17, 15) is 9.59 Å². The highest BCUT2D eigenvalue weighted by atomic mass is 32.1. The van der Waals surface area contributed by atoms with Crippen molar-refractivity contribution in [2.75, 3.05) is 26.1 Å². The summed E-state index contributed by atoms with van der Waals surface area (Å²) in [4.78, 5) is 30.3. The maximum absolute atomic E-state index is 13.2. The lowest BCUT2D eigenvalue weighted by Gasteiger charge is -2.12. The summed E-state index contributed by atoms with van der Waals surface area (Å²) in [5, 5.41) is 3.50. The predicted octanol–water partition coefficient (Wildman–Crippen LogP) is 5.10. The maximum atomic E-state index is 13.2. The van der Waals surface area contributed by atoms with Crippen LogP contribution in [0.25, 0.3) is 32.5 Å². The van der Waals surface area contributed by atoms with Crippen LogP contribution in [0.3, 0.4) is 0 Å². The zero-order valence-electron chi connectivity index (χ0n) is 18.9. The number of hydrogen-bond donors (Lipinski definition) is 1. The third kappa shape index (κ3) is 4.53. The van der Waals surface area contributed by atoms with Gasteiger partial charge < -0.3 is 18.6 Å². The molecule has 176 valence electrons. The number of thiazole rings is 1. The standard InChI is InChI=1S/C26H20N2O6S/c1-31-16-9-7-15(8-10-16)24-25(23(30)18-5-3-4-6-20(18)34-24)33-14-22(29)28-26-27-19-12-11-17(32-2)13-21(19)35-26/h3-13H,14H2,1-2H3,(H,27,28,29). The summed E-state index contributed by atoms with van der Waals surface area (Å²) >= 11 is 1.31. The number of nitrogens with one attached hydrogen (secondary N) is 1. The average molecular weight is 489 g/mol. The molecule has 1 N–H and O–H groups in total. The van der Waals surface area contributed by atoms with E-state index in [1.807, 2.05) is 12.1 Å². The van der Waals surface area contributed by atoms with Gasteiger partial charge in [0, 0.05) is 5.56 Å². The number of aromatic nitrogens is 1. The van der Waals surface area contributed by atoms with Crippen molar-refractivity contribution in [1.29, 1.82) is 0 Å². The van der Waals surface area contributed by atoms with Crippen molar-refractivity contribution in [1.82, 2.24) is 4.98 Å². The minimum absolute atomic E-state index is 0.0435. The van der Waals surface area contributed by atoms with E-state index in [0.717, 1.165) is 10.2 Å².